The van der Waals surface area contributed by atoms with Gasteiger partial charge >= 0.3 is 0 Å². The molecule has 0 aliphatic carbocycles. The predicted molar refractivity (Wildman–Crippen MR) is 71.0 cm³/mol. The molecule has 2 amide bonds. The normalized spacial score (nSPS) is 24.4. The van der Waals surface area contributed by atoms with Gasteiger partial charge in [-0.2, -0.15) is 0 Å². The molecule has 5 heteroatoms. The maximum atomic E-state index is 11.7. The summed E-state index contributed by atoms with van der Waals surface area (Å²) in [4.78, 5) is 23.4. The minimum atomic E-state index is -0.456. The van der Waals surface area contributed by atoms with Crippen molar-refractivity contribution in [1.29, 1.82) is 0 Å². The molecule has 3 N–H and O–H groups in total. The van der Waals surface area contributed by atoms with Crippen LogP contribution in [0.3, 0.4) is 0 Å². The summed E-state index contributed by atoms with van der Waals surface area (Å²) in [6.45, 7) is 9.53. The van der Waals surface area contributed by atoms with Crippen LogP contribution in [0.25, 0.3) is 0 Å². The number of hydrogen-bond acceptors (Lipinski definition) is 3. The average Bonchev–Trinajstić information content (AvgIpc) is 2.27. The van der Waals surface area contributed by atoms with Gasteiger partial charge in [-0.05, 0) is 25.4 Å². The number of nitrogens with one attached hydrogen (secondary N) is 3. The van der Waals surface area contributed by atoms with Crippen molar-refractivity contribution in [1.82, 2.24) is 16.0 Å². The second kappa shape index (κ2) is 6.18. The van der Waals surface area contributed by atoms with E-state index in [0.717, 1.165) is 19.5 Å². The third-order valence-corrected chi connectivity index (χ3v) is 3.22. The van der Waals surface area contributed by atoms with Crippen LogP contribution in [-0.4, -0.2) is 37.5 Å². The van der Waals surface area contributed by atoms with E-state index in [0.29, 0.717) is 5.92 Å². The van der Waals surface area contributed by atoms with Gasteiger partial charge in [0.1, 0.15) is 0 Å². The van der Waals surface area contributed by atoms with Crippen LogP contribution in [0.4, 0.5) is 0 Å². The number of rotatable bonds is 3. The first kappa shape index (κ1) is 15.0. The fourth-order valence-electron chi connectivity index (χ4n) is 1.91. The third kappa shape index (κ3) is 4.64. The van der Waals surface area contributed by atoms with Gasteiger partial charge in [-0.25, -0.2) is 0 Å². The number of piperidine rings is 1. The summed E-state index contributed by atoms with van der Waals surface area (Å²) in [5.74, 6) is 0.225. The lowest BCUT2D eigenvalue weighted by atomic mass is 9.95. The second-order valence-corrected chi connectivity index (χ2v) is 6.08. The Bertz CT molecular complexity index is 310. The van der Waals surface area contributed by atoms with Gasteiger partial charge in [-0.1, -0.05) is 27.7 Å². The largest absolute Gasteiger partial charge is 0.351 e. The molecule has 0 radical (unpaired) electrons. The minimum absolute atomic E-state index is 0.0623. The van der Waals surface area contributed by atoms with Gasteiger partial charge in [0.25, 0.3) is 0 Å². The molecule has 104 valence electrons. The standard InChI is InChI=1S/C13H25N3O2/c1-9-7-14-6-5-10(9)16-11(17)8-15-12(18)13(2,3)4/h9-10,14H,5-8H2,1-4H3,(H,15,18)(H,16,17). The van der Waals surface area contributed by atoms with Gasteiger partial charge in [0.2, 0.25) is 11.8 Å². The molecule has 1 aliphatic rings. The van der Waals surface area contributed by atoms with E-state index >= 15 is 0 Å². The summed E-state index contributed by atoms with van der Waals surface area (Å²) < 4.78 is 0. The van der Waals surface area contributed by atoms with Crippen LogP contribution >= 0.6 is 0 Å². The van der Waals surface area contributed by atoms with Gasteiger partial charge in [0.05, 0.1) is 6.54 Å². The molecule has 1 aliphatic heterocycles. The van der Waals surface area contributed by atoms with E-state index in [2.05, 4.69) is 22.9 Å². The Morgan fingerprint density at radius 3 is 2.56 bits per heavy atom. The van der Waals surface area contributed by atoms with Crippen LogP contribution in [-0.2, 0) is 9.59 Å². The molecule has 0 aromatic heterocycles. The van der Waals surface area contributed by atoms with Crippen LogP contribution < -0.4 is 16.0 Å². The summed E-state index contributed by atoms with van der Waals surface area (Å²) in [6, 6.07) is 0.213. The molecule has 0 aromatic carbocycles. The van der Waals surface area contributed by atoms with Crippen molar-refractivity contribution in [2.24, 2.45) is 11.3 Å². The highest BCUT2D eigenvalue weighted by Crippen LogP contribution is 2.12. The van der Waals surface area contributed by atoms with Gasteiger partial charge in [-0.15, -0.1) is 0 Å². The van der Waals surface area contributed by atoms with Crippen molar-refractivity contribution in [2.75, 3.05) is 19.6 Å². The molecule has 0 aromatic rings. The van der Waals surface area contributed by atoms with Crippen molar-refractivity contribution in [3.8, 4) is 0 Å². The maximum Gasteiger partial charge on any atom is 0.239 e. The number of carbonyl (C=O) groups is 2. The Balaban J connectivity index is 2.31. The maximum absolute atomic E-state index is 11.7. The fourth-order valence-corrected chi connectivity index (χ4v) is 1.91. The Labute approximate surface area is 109 Å². The Hall–Kier alpha value is -1.10. The Kier molecular flexibility index (Phi) is 5.14. The molecule has 2 atom stereocenters. The molecular weight excluding hydrogens is 230 g/mol. The number of carbonyl (C=O) groups excluding carboxylic acids is 2. The lowest BCUT2D eigenvalue weighted by Crippen LogP contribution is -2.51. The lowest BCUT2D eigenvalue weighted by Gasteiger charge is -2.30. The Morgan fingerprint density at radius 2 is 2.00 bits per heavy atom. The monoisotopic (exact) mass is 255 g/mol. The first-order valence-corrected chi connectivity index (χ1v) is 6.59. The van der Waals surface area contributed by atoms with Gasteiger partial charge < -0.3 is 16.0 Å². The van der Waals surface area contributed by atoms with Crippen molar-refractivity contribution < 1.29 is 9.59 Å². The van der Waals surface area contributed by atoms with Crippen LogP contribution in [0.5, 0.6) is 0 Å². The van der Waals surface area contributed by atoms with Crippen LogP contribution in [0, 0.1) is 11.3 Å². The van der Waals surface area contributed by atoms with Crippen LogP contribution in [0.15, 0.2) is 0 Å². The molecule has 1 saturated heterocycles. The molecular formula is C13H25N3O2. The highest BCUT2D eigenvalue weighted by atomic mass is 16.2. The van der Waals surface area contributed by atoms with Gasteiger partial charge in [0.15, 0.2) is 0 Å². The summed E-state index contributed by atoms with van der Waals surface area (Å²) in [5.41, 5.74) is -0.456. The van der Waals surface area contributed by atoms with E-state index in [9.17, 15) is 9.59 Å². The van der Waals surface area contributed by atoms with E-state index in [1.54, 1.807) is 0 Å². The highest BCUT2D eigenvalue weighted by molar-refractivity contribution is 5.87. The molecule has 1 heterocycles. The molecule has 18 heavy (non-hydrogen) atoms. The summed E-state index contributed by atoms with van der Waals surface area (Å²) >= 11 is 0. The van der Waals surface area contributed by atoms with E-state index in [4.69, 9.17) is 0 Å². The SMILES string of the molecule is CC1CNCCC1NC(=O)CNC(=O)C(C)(C)C. The zero-order valence-electron chi connectivity index (χ0n) is 11.8. The first-order valence-electron chi connectivity index (χ1n) is 6.59. The minimum Gasteiger partial charge on any atom is -0.351 e. The van der Waals surface area contributed by atoms with Gasteiger partial charge in [-0.3, -0.25) is 9.59 Å². The van der Waals surface area contributed by atoms with E-state index in [1.165, 1.54) is 0 Å². The average molecular weight is 255 g/mol. The molecule has 0 spiro atoms. The van der Waals surface area contributed by atoms with E-state index in [1.807, 2.05) is 20.8 Å². The zero-order valence-corrected chi connectivity index (χ0v) is 11.8. The number of hydrogen-bond donors (Lipinski definition) is 3. The third-order valence-electron chi connectivity index (χ3n) is 3.22. The lowest BCUT2D eigenvalue weighted by molar-refractivity contribution is -0.131. The van der Waals surface area contributed by atoms with Crippen molar-refractivity contribution >= 4 is 11.8 Å². The summed E-state index contributed by atoms with van der Waals surface area (Å²) in [6.07, 6.45) is 0.945. The second-order valence-electron chi connectivity index (χ2n) is 6.08. The molecule has 1 fully saturated rings. The molecule has 5 nitrogen and oxygen atoms in total. The highest BCUT2D eigenvalue weighted by Gasteiger charge is 2.24. The zero-order chi connectivity index (χ0) is 13.8. The molecule has 0 saturated carbocycles. The quantitative estimate of drug-likeness (QED) is 0.677. The van der Waals surface area contributed by atoms with Gasteiger partial charge in [0, 0.05) is 11.5 Å². The molecule has 0 bridgehead atoms. The van der Waals surface area contributed by atoms with Crippen LogP contribution in [0.2, 0.25) is 0 Å². The van der Waals surface area contributed by atoms with Crippen molar-refractivity contribution in [3.63, 3.8) is 0 Å². The van der Waals surface area contributed by atoms with Crippen molar-refractivity contribution in [3.05, 3.63) is 0 Å². The summed E-state index contributed by atoms with van der Waals surface area (Å²) in [5, 5.41) is 8.93. The molecule has 1 rings (SSSR count). The van der Waals surface area contributed by atoms with Crippen molar-refractivity contribution in [2.45, 2.75) is 40.2 Å². The first-order chi connectivity index (χ1) is 8.30. The molecule has 2 unspecified atom stereocenters. The van der Waals surface area contributed by atoms with Crippen LogP contribution in [0.1, 0.15) is 34.1 Å². The summed E-state index contributed by atoms with van der Waals surface area (Å²) in [7, 11) is 0. The predicted octanol–water partition coefficient (Wildman–Crippen LogP) is 0.263. The smallest absolute Gasteiger partial charge is 0.239 e. The fraction of sp³-hybridized carbons (Fsp3) is 0.846. The topological polar surface area (TPSA) is 70.2 Å². The van der Waals surface area contributed by atoms with E-state index < -0.39 is 5.41 Å². The van der Waals surface area contributed by atoms with E-state index in [-0.39, 0.29) is 24.4 Å². The Morgan fingerprint density at radius 1 is 1.33 bits per heavy atom. The number of amides is 2.